The van der Waals surface area contributed by atoms with Crippen LogP contribution in [0.5, 0.6) is 0 Å². The van der Waals surface area contributed by atoms with Crippen LogP contribution in [0.15, 0.2) is 32.6 Å². The van der Waals surface area contributed by atoms with E-state index in [4.69, 9.17) is 0 Å². The smallest absolute Gasteiger partial charge is 0.262 e. The minimum atomic E-state index is -0.0597. The number of nitrogens with zero attached hydrogens (tertiary/aromatic N) is 2. The van der Waals surface area contributed by atoms with Gasteiger partial charge in [0.25, 0.3) is 5.56 Å². The fourth-order valence-electron chi connectivity index (χ4n) is 3.45. The third kappa shape index (κ3) is 3.83. The second-order valence-corrected chi connectivity index (χ2v) is 9.02. The van der Waals surface area contributed by atoms with Crippen LogP contribution in [-0.2, 0) is 11.3 Å². The summed E-state index contributed by atoms with van der Waals surface area (Å²) >= 11 is 4.75. The quantitative estimate of drug-likeness (QED) is 0.533. The molecule has 2 aliphatic rings. The van der Waals surface area contributed by atoms with Crippen LogP contribution in [0.1, 0.15) is 32.6 Å². The van der Waals surface area contributed by atoms with E-state index in [0.29, 0.717) is 46.2 Å². The van der Waals surface area contributed by atoms with Crippen LogP contribution in [0.25, 0.3) is 10.9 Å². The molecule has 2 aliphatic carbocycles. The van der Waals surface area contributed by atoms with Gasteiger partial charge in [-0.1, -0.05) is 27.7 Å². The number of hydrogen-bond acceptors (Lipinski definition) is 4. The lowest BCUT2D eigenvalue weighted by molar-refractivity contribution is -0.119. The highest BCUT2D eigenvalue weighted by atomic mass is 79.9. The average Bonchev–Trinajstić information content (AvgIpc) is 3.52. The van der Waals surface area contributed by atoms with Crippen LogP contribution in [0.4, 0.5) is 0 Å². The van der Waals surface area contributed by atoms with Gasteiger partial charge in [-0.2, -0.15) is 0 Å². The van der Waals surface area contributed by atoms with Crippen molar-refractivity contribution in [1.29, 1.82) is 0 Å². The number of rotatable bonds is 7. The first-order valence-corrected chi connectivity index (χ1v) is 11.0. The van der Waals surface area contributed by atoms with Crippen molar-refractivity contribution in [2.24, 2.45) is 11.8 Å². The van der Waals surface area contributed by atoms with Gasteiger partial charge in [-0.3, -0.25) is 14.2 Å². The van der Waals surface area contributed by atoms with Gasteiger partial charge in [0, 0.05) is 17.1 Å². The fourth-order valence-corrected chi connectivity index (χ4v) is 4.69. The van der Waals surface area contributed by atoms with Crippen molar-refractivity contribution < 1.29 is 4.79 Å². The van der Waals surface area contributed by atoms with Crippen LogP contribution in [0.3, 0.4) is 0 Å². The summed E-state index contributed by atoms with van der Waals surface area (Å²) in [6, 6.07) is 5.87. The van der Waals surface area contributed by atoms with Crippen molar-refractivity contribution in [1.82, 2.24) is 14.9 Å². The van der Waals surface area contributed by atoms with E-state index in [0.717, 1.165) is 4.47 Å². The summed E-state index contributed by atoms with van der Waals surface area (Å²) in [6.45, 7) is 2.46. The predicted molar refractivity (Wildman–Crippen MR) is 107 cm³/mol. The van der Waals surface area contributed by atoms with E-state index in [1.165, 1.54) is 37.4 Å². The van der Waals surface area contributed by atoms with E-state index < -0.39 is 0 Å². The van der Waals surface area contributed by atoms with Crippen molar-refractivity contribution in [3.8, 4) is 0 Å². The lowest BCUT2D eigenvalue weighted by atomic mass is 10.1. The van der Waals surface area contributed by atoms with Crippen molar-refractivity contribution in [3.63, 3.8) is 0 Å². The SMILES string of the molecule is CCn1c(SCC(=O)NC(C2CC2)C2CC2)nc2ccc(Br)cc2c1=O. The highest BCUT2D eigenvalue weighted by Crippen LogP contribution is 2.44. The number of benzene rings is 1. The van der Waals surface area contributed by atoms with Gasteiger partial charge in [0.15, 0.2) is 5.16 Å². The first-order chi connectivity index (χ1) is 12.6. The Kier molecular flexibility index (Phi) is 5.10. The molecule has 1 aromatic carbocycles. The molecule has 0 aliphatic heterocycles. The second kappa shape index (κ2) is 7.35. The minimum Gasteiger partial charge on any atom is -0.352 e. The molecule has 0 spiro atoms. The van der Waals surface area contributed by atoms with Gasteiger partial charge in [0.2, 0.25) is 5.91 Å². The van der Waals surface area contributed by atoms with E-state index in [-0.39, 0.29) is 11.5 Å². The molecule has 26 heavy (non-hydrogen) atoms. The van der Waals surface area contributed by atoms with E-state index in [2.05, 4.69) is 26.2 Å². The standard InChI is InChI=1S/C19H22BrN3O2S/c1-2-23-18(25)14-9-13(20)7-8-15(14)21-19(23)26-10-16(24)22-17(11-3-4-11)12-5-6-12/h7-9,11-12,17H,2-6,10H2,1H3,(H,22,24). The number of carbonyl (C=O) groups is 1. The first-order valence-electron chi connectivity index (χ1n) is 9.19. The molecular formula is C19H22BrN3O2S. The number of hydrogen-bond donors (Lipinski definition) is 1. The Labute approximate surface area is 165 Å². The summed E-state index contributed by atoms with van der Waals surface area (Å²) in [7, 11) is 0. The zero-order chi connectivity index (χ0) is 18.3. The highest BCUT2D eigenvalue weighted by Gasteiger charge is 2.42. The molecular weight excluding hydrogens is 414 g/mol. The van der Waals surface area contributed by atoms with Gasteiger partial charge in [0.1, 0.15) is 0 Å². The number of carbonyl (C=O) groups excluding carboxylic acids is 1. The molecule has 0 unspecified atom stereocenters. The molecule has 0 bridgehead atoms. The Bertz CT molecular complexity index is 894. The van der Waals surface area contributed by atoms with Crippen LogP contribution in [0, 0.1) is 11.8 Å². The summed E-state index contributed by atoms with van der Waals surface area (Å²) in [6.07, 6.45) is 4.97. The van der Waals surface area contributed by atoms with Gasteiger partial charge in [-0.25, -0.2) is 4.98 Å². The molecule has 4 rings (SSSR count). The topological polar surface area (TPSA) is 64.0 Å². The minimum absolute atomic E-state index is 0.0478. The molecule has 0 atom stereocenters. The van der Waals surface area contributed by atoms with Gasteiger partial charge >= 0.3 is 0 Å². The lowest BCUT2D eigenvalue weighted by Gasteiger charge is -2.17. The Morgan fingerprint density at radius 1 is 1.35 bits per heavy atom. The lowest BCUT2D eigenvalue weighted by Crippen LogP contribution is -2.39. The molecule has 1 heterocycles. The number of thioether (sulfide) groups is 1. The molecule has 138 valence electrons. The Hall–Kier alpha value is -1.34. The molecule has 2 aromatic rings. The molecule has 2 fully saturated rings. The Balaban J connectivity index is 1.50. The molecule has 0 radical (unpaired) electrons. The van der Waals surface area contributed by atoms with Crippen LogP contribution in [0.2, 0.25) is 0 Å². The van der Waals surface area contributed by atoms with Crippen molar-refractivity contribution in [3.05, 3.63) is 33.0 Å². The first kappa shape index (κ1) is 18.0. The van der Waals surface area contributed by atoms with E-state index in [9.17, 15) is 9.59 Å². The summed E-state index contributed by atoms with van der Waals surface area (Å²) in [5.74, 6) is 1.71. The van der Waals surface area contributed by atoms with Gasteiger partial charge < -0.3 is 5.32 Å². The normalized spacial score (nSPS) is 17.0. The van der Waals surface area contributed by atoms with Crippen LogP contribution in [-0.4, -0.2) is 27.3 Å². The molecule has 7 heteroatoms. The molecule has 1 aromatic heterocycles. The van der Waals surface area contributed by atoms with E-state index >= 15 is 0 Å². The van der Waals surface area contributed by atoms with Crippen LogP contribution < -0.4 is 10.9 Å². The number of halogens is 1. The van der Waals surface area contributed by atoms with Crippen molar-refractivity contribution >= 4 is 44.5 Å². The summed E-state index contributed by atoms with van der Waals surface area (Å²) in [4.78, 5) is 29.8. The molecule has 0 saturated heterocycles. The average molecular weight is 436 g/mol. The Morgan fingerprint density at radius 3 is 2.65 bits per heavy atom. The second-order valence-electron chi connectivity index (χ2n) is 7.16. The summed E-state index contributed by atoms with van der Waals surface area (Å²) in [5.41, 5.74) is 0.607. The maximum Gasteiger partial charge on any atom is 0.262 e. The molecule has 1 N–H and O–H groups in total. The summed E-state index contributed by atoms with van der Waals surface area (Å²) in [5, 5.41) is 4.43. The number of amides is 1. The highest BCUT2D eigenvalue weighted by molar-refractivity contribution is 9.10. The zero-order valence-corrected chi connectivity index (χ0v) is 17.1. The maximum atomic E-state index is 12.7. The zero-order valence-electron chi connectivity index (χ0n) is 14.7. The van der Waals surface area contributed by atoms with Gasteiger partial charge in [-0.15, -0.1) is 0 Å². The van der Waals surface area contributed by atoms with E-state index in [1.54, 1.807) is 10.6 Å². The molecule has 2 saturated carbocycles. The third-order valence-corrected chi connectivity index (χ3v) is 6.59. The predicted octanol–water partition coefficient (Wildman–Crippen LogP) is 3.58. The number of fused-ring (bicyclic) bond motifs is 1. The number of nitrogens with one attached hydrogen (secondary N) is 1. The number of aromatic nitrogens is 2. The van der Waals surface area contributed by atoms with Gasteiger partial charge in [0.05, 0.1) is 16.7 Å². The monoisotopic (exact) mass is 435 g/mol. The van der Waals surface area contributed by atoms with E-state index in [1.807, 2.05) is 19.1 Å². The molecule has 1 amide bonds. The fraction of sp³-hybridized carbons (Fsp3) is 0.526. The third-order valence-electron chi connectivity index (χ3n) is 5.12. The van der Waals surface area contributed by atoms with Crippen molar-refractivity contribution in [2.45, 2.75) is 50.4 Å². The maximum absolute atomic E-state index is 12.7. The van der Waals surface area contributed by atoms with Crippen LogP contribution >= 0.6 is 27.7 Å². The summed E-state index contributed by atoms with van der Waals surface area (Å²) < 4.78 is 2.50. The van der Waals surface area contributed by atoms with Crippen molar-refractivity contribution in [2.75, 3.05) is 5.75 Å². The molecule has 5 nitrogen and oxygen atoms in total. The Morgan fingerprint density at radius 2 is 2.04 bits per heavy atom. The largest absolute Gasteiger partial charge is 0.352 e. The van der Waals surface area contributed by atoms with Gasteiger partial charge in [-0.05, 0) is 62.6 Å².